The number of carbonyl (C=O) groups excluding carboxylic acids is 2. The van der Waals surface area contributed by atoms with Crippen LogP contribution in [0.25, 0.3) is 0 Å². The van der Waals surface area contributed by atoms with Crippen molar-refractivity contribution in [2.75, 3.05) is 26.2 Å². The summed E-state index contributed by atoms with van der Waals surface area (Å²) in [7, 11) is 0. The van der Waals surface area contributed by atoms with E-state index in [1.165, 1.54) is 18.2 Å². The van der Waals surface area contributed by atoms with Crippen molar-refractivity contribution in [2.45, 2.75) is 12.8 Å². The molecular weight excluding hydrogens is 273 g/mol. The summed E-state index contributed by atoms with van der Waals surface area (Å²) in [5, 5.41) is 2.75. The minimum atomic E-state index is -0.435. The van der Waals surface area contributed by atoms with Gasteiger partial charge in [0.2, 0.25) is 5.91 Å². The Labute approximate surface area is 123 Å². The van der Waals surface area contributed by atoms with Crippen LogP contribution in [0.3, 0.4) is 0 Å². The summed E-state index contributed by atoms with van der Waals surface area (Å²) in [6.07, 6.45) is 1.52. The third-order valence-corrected chi connectivity index (χ3v) is 3.59. The number of piperidine rings is 1. The lowest BCUT2D eigenvalue weighted by atomic mass is 9.96. The Hall–Kier alpha value is -1.95. The lowest BCUT2D eigenvalue weighted by molar-refractivity contribution is -0.126. The zero-order valence-corrected chi connectivity index (χ0v) is 11.8. The molecule has 0 aromatic heterocycles. The third-order valence-electron chi connectivity index (χ3n) is 3.59. The van der Waals surface area contributed by atoms with Crippen molar-refractivity contribution in [1.82, 2.24) is 10.2 Å². The molecule has 114 valence electrons. The molecule has 1 aliphatic heterocycles. The van der Waals surface area contributed by atoms with Gasteiger partial charge in [-0.15, -0.1) is 0 Å². The molecule has 1 unspecified atom stereocenters. The highest BCUT2D eigenvalue weighted by atomic mass is 19.1. The Balaban J connectivity index is 2.00. The number of amides is 2. The van der Waals surface area contributed by atoms with E-state index in [0.29, 0.717) is 31.7 Å². The summed E-state index contributed by atoms with van der Waals surface area (Å²) >= 11 is 0. The second-order valence-corrected chi connectivity index (χ2v) is 5.18. The summed E-state index contributed by atoms with van der Waals surface area (Å²) in [6, 6.07) is 5.62. The Bertz CT molecular complexity index is 521. The Kier molecular flexibility index (Phi) is 5.27. The van der Waals surface area contributed by atoms with E-state index in [0.717, 1.165) is 12.8 Å². The minimum Gasteiger partial charge on any atom is -0.355 e. The van der Waals surface area contributed by atoms with Crippen molar-refractivity contribution in [3.63, 3.8) is 0 Å². The quantitative estimate of drug-likeness (QED) is 0.860. The lowest BCUT2D eigenvalue weighted by Gasteiger charge is -2.32. The van der Waals surface area contributed by atoms with Gasteiger partial charge in [0, 0.05) is 31.7 Å². The molecule has 0 bridgehead atoms. The maximum Gasteiger partial charge on any atom is 0.253 e. The monoisotopic (exact) mass is 293 g/mol. The van der Waals surface area contributed by atoms with Crippen molar-refractivity contribution >= 4 is 11.8 Å². The van der Waals surface area contributed by atoms with Gasteiger partial charge >= 0.3 is 0 Å². The zero-order chi connectivity index (χ0) is 15.2. The highest BCUT2D eigenvalue weighted by Crippen LogP contribution is 2.19. The number of nitrogens with one attached hydrogen (secondary N) is 1. The predicted molar refractivity (Wildman–Crippen MR) is 77.1 cm³/mol. The summed E-state index contributed by atoms with van der Waals surface area (Å²) in [5.74, 6) is -0.957. The van der Waals surface area contributed by atoms with Gasteiger partial charge in [-0.25, -0.2) is 4.39 Å². The number of hydrogen-bond acceptors (Lipinski definition) is 3. The van der Waals surface area contributed by atoms with Crippen LogP contribution in [0.15, 0.2) is 24.3 Å². The molecule has 0 radical (unpaired) electrons. The van der Waals surface area contributed by atoms with Crippen LogP contribution in [0.4, 0.5) is 4.39 Å². The van der Waals surface area contributed by atoms with E-state index in [2.05, 4.69) is 5.32 Å². The fourth-order valence-corrected chi connectivity index (χ4v) is 2.52. The topological polar surface area (TPSA) is 75.4 Å². The van der Waals surface area contributed by atoms with Crippen LogP contribution in [0.1, 0.15) is 23.2 Å². The molecule has 1 aromatic carbocycles. The van der Waals surface area contributed by atoms with Crippen molar-refractivity contribution < 1.29 is 14.0 Å². The van der Waals surface area contributed by atoms with Crippen LogP contribution in [-0.2, 0) is 4.79 Å². The molecule has 21 heavy (non-hydrogen) atoms. The summed E-state index contributed by atoms with van der Waals surface area (Å²) < 4.78 is 13.2. The van der Waals surface area contributed by atoms with E-state index in [1.54, 1.807) is 11.0 Å². The van der Waals surface area contributed by atoms with Gasteiger partial charge in [0.05, 0.1) is 5.92 Å². The number of hydrogen-bond donors (Lipinski definition) is 2. The third kappa shape index (κ3) is 4.01. The van der Waals surface area contributed by atoms with Crippen LogP contribution in [0.5, 0.6) is 0 Å². The molecule has 5 nitrogen and oxygen atoms in total. The SMILES string of the molecule is NCCNC(=O)C1CCCN(C(=O)c2cccc(F)c2)C1. The second-order valence-electron chi connectivity index (χ2n) is 5.18. The minimum absolute atomic E-state index is 0.0720. The Morgan fingerprint density at radius 2 is 2.24 bits per heavy atom. The van der Waals surface area contributed by atoms with Gasteiger partial charge in [-0.3, -0.25) is 9.59 Å². The maximum absolute atomic E-state index is 13.2. The van der Waals surface area contributed by atoms with E-state index < -0.39 is 5.82 Å². The van der Waals surface area contributed by atoms with Gasteiger partial charge in [0.25, 0.3) is 5.91 Å². The van der Waals surface area contributed by atoms with Crippen molar-refractivity contribution in [1.29, 1.82) is 0 Å². The fraction of sp³-hybridized carbons (Fsp3) is 0.467. The average Bonchev–Trinajstić information content (AvgIpc) is 2.52. The van der Waals surface area contributed by atoms with Gasteiger partial charge < -0.3 is 16.0 Å². The van der Waals surface area contributed by atoms with Crippen LogP contribution < -0.4 is 11.1 Å². The van der Waals surface area contributed by atoms with Gasteiger partial charge in [0.15, 0.2) is 0 Å². The average molecular weight is 293 g/mol. The van der Waals surface area contributed by atoms with Crippen molar-refractivity contribution in [2.24, 2.45) is 11.7 Å². The molecule has 6 heteroatoms. The number of halogens is 1. The molecular formula is C15H20FN3O2. The van der Waals surface area contributed by atoms with E-state index in [4.69, 9.17) is 5.73 Å². The molecule has 1 aromatic rings. The van der Waals surface area contributed by atoms with Crippen LogP contribution in [0, 0.1) is 11.7 Å². The van der Waals surface area contributed by atoms with Crippen molar-refractivity contribution in [3.8, 4) is 0 Å². The molecule has 1 aliphatic rings. The zero-order valence-electron chi connectivity index (χ0n) is 11.8. The first kappa shape index (κ1) is 15.4. The molecule has 2 rings (SSSR count). The number of likely N-dealkylation sites (tertiary alicyclic amines) is 1. The van der Waals surface area contributed by atoms with Gasteiger partial charge in [0.1, 0.15) is 5.82 Å². The molecule has 1 heterocycles. The first-order valence-corrected chi connectivity index (χ1v) is 7.14. The molecule has 0 spiro atoms. The Morgan fingerprint density at radius 3 is 2.95 bits per heavy atom. The van der Waals surface area contributed by atoms with Crippen LogP contribution >= 0.6 is 0 Å². The van der Waals surface area contributed by atoms with Crippen LogP contribution in [-0.4, -0.2) is 42.9 Å². The van der Waals surface area contributed by atoms with Gasteiger partial charge in [-0.1, -0.05) is 6.07 Å². The van der Waals surface area contributed by atoms with E-state index in [9.17, 15) is 14.0 Å². The molecule has 0 aliphatic carbocycles. The van der Waals surface area contributed by atoms with Gasteiger partial charge in [-0.05, 0) is 31.0 Å². The highest BCUT2D eigenvalue weighted by molar-refractivity contribution is 5.94. The largest absolute Gasteiger partial charge is 0.355 e. The second kappa shape index (κ2) is 7.17. The predicted octanol–water partition coefficient (Wildman–Crippen LogP) is 0.753. The number of nitrogens with two attached hydrogens (primary N) is 1. The smallest absolute Gasteiger partial charge is 0.253 e. The normalized spacial score (nSPS) is 18.4. The Morgan fingerprint density at radius 1 is 1.43 bits per heavy atom. The van der Waals surface area contributed by atoms with Crippen molar-refractivity contribution in [3.05, 3.63) is 35.6 Å². The molecule has 1 atom stereocenters. The maximum atomic E-state index is 13.2. The molecule has 0 saturated carbocycles. The van der Waals surface area contributed by atoms with E-state index >= 15 is 0 Å². The highest BCUT2D eigenvalue weighted by Gasteiger charge is 2.28. The van der Waals surface area contributed by atoms with E-state index in [-0.39, 0.29) is 17.7 Å². The summed E-state index contributed by atoms with van der Waals surface area (Å²) in [4.78, 5) is 25.9. The molecule has 2 amide bonds. The first-order valence-electron chi connectivity index (χ1n) is 7.14. The molecule has 1 saturated heterocycles. The number of rotatable bonds is 4. The first-order chi connectivity index (χ1) is 10.1. The standard InChI is InChI=1S/C15H20FN3O2/c16-13-5-1-3-11(9-13)15(21)19-8-2-4-12(10-19)14(20)18-7-6-17/h1,3,5,9,12H,2,4,6-8,10,17H2,(H,18,20). The lowest BCUT2D eigenvalue weighted by Crippen LogP contribution is -2.46. The van der Waals surface area contributed by atoms with Crippen LogP contribution in [0.2, 0.25) is 0 Å². The fourth-order valence-electron chi connectivity index (χ4n) is 2.52. The number of benzene rings is 1. The number of carbonyl (C=O) groups is 2. The summed E-state index contributed by atoms with van der Waals surface area (Å²) in [5.41, 5.74) is 5.67. The summed E-state index contributed by atoms with van der Waals surface area (Å²) in [6.45, 7) is 1.79. The number of nitrogens with zero attached hydrogens (tertiary/aromatic N) is 1. The molecule has 1 fully saturated rings. The van der Waals surface area contributed by atoms with E-state index in [1.807, 2.05) is 0 Å². The van der Waals surface area contributed by atoms with Gasteiger partial charge in [-0.2, -0.15) is 0 Å². The molecule has 3 N–H and O–H groups in total.